The molecule has 1 atom stereocenters. The van der Waals surface area contributed by atoms with E-state index in [4.69, 9.17) is 4.74 Å². The molecule has 0 saturated carbocycles. The number of benzene rings is 1. The van der Waals surface area contributed by atoms with Gasteiger partial charge < -0.3 is 10.1 Å². The lowest BCUT2D eigenvalue weighted by atomic mass is 9.81. The average Bonchev–Trinajstić information content (AvgIpc) is 3.31. The van der Waals surface area contributed by atoms with E-state index in [9.17, 15) is 0 Å². The second kappa shape index (κ2) is 7.54. The van der Waals surface area contributed by atoms with Crippen LogP contribution >= 0.6 is 11.3 Å². The number of nitrogens with one attached hydrogen (secondary N) is 2. The summed E-state index contributed by atoms with van der Waals surface area (Å²) in [5, 5.41) is 12.9. The summed E-state index contributed by atoms with van der Waals surface area (Å²) in [7, 11) is 0. The SMILES string of the molecule is CC(C)Oc1cc2[nH]ncc2cc1Nc1ncnc2sc3c(c12)CCC(C(C)C)C3. The molecule has 0 saturated heterocycles. The molecule has 4 aromatic rings. The van der Waals surface area contributed by atoms with Gasteiger partial charge in [-0.1, -0.05) is 13.8 Å². The summed E-state index contributed by atoms with van der Waals surface area (Å²) in [5.41, 5.74) is 3.27. The van der Waals surface area contributed by atoms with Crippen molar-refractivity contribution < 1.29 is 4.74 Å². The average molecular weight is 422 g/mol. The van der Waals surface area contributed by atoms with Crippen molar-refractivity contribution in [2.24, 2.45) is 11.8 Å². The minimum atomic E-state index is 0.0678. The number of hydrogen-bond donors (Lipinski definition) is 2. The van der Waals surface area contributed by atoms with Gasteiger partial charge in [0.25, 0.3) is 0 Å². The third-order valence-electron chi connectivity index (χ3n) is 5.98. The van der Waals surface area contributed by atoms with E-state index in [1.54, 1.807) is 6.33 Å². The Bertz CT molecular complexity index is 1210. The molecule has 0 amide bonds. The lowest BCUT2D eigenvalue weighted by Crippen LogP contribution is -2.17. The largest absolute Gasteiger partial charge is 0.489 e. The highest BCUT2D eigenvalue weighted by molar-refractivity contribution is 7.19. The summed E-state index contributed by atoms with van der Waals surface area (Å²) in [4.78, 5) is 11.8. The van der Waals surface area contributed by atoms with Crippen LogP contribution in [-0.2, 0) is 12.8 Å². The summed E-state index contributed by atoms with van der Waals surface area (Å²) in [5.74, 6) is 3.11. The summed E-state index contributed by atoms with van der Waals surface area (Å²) in [6, 6.07) is 4.07. The Balaban J connectivity index is 1.58. The van der Waals surface area contributed by atoms with Gasteiger partial charge in [-0.15, -0.1) is 11.3 Å². The fourth-order valence-corrected chi connectivity index (χ4v) is 5.63. The first-order valence-corrected chi connectivity index (χ1v) is 11.5. The van der Waals surface area contributed by atoms with Gasteiger partial charge in [0.05, 0.1) is 28.9 Å². The van der Waals surface area contributed by atoms with Crippen LogP contribution in [0.2, 0.25) is 0 Å². The van der Waals surface area contributed by atoms with Crippen LogP contribution in [0.15, 0.2) is 24.7 Å². The topological polar surface area (TPSA) is 75.7 Å². The van der Waals surface area contributed by atoms with E-state index < -0.39 is 0 Å². The number of thiophene rings is 1. The molecule has 0 spiro atoms. The van der Waals surface area contributed by atoms with Crippen molar-refractivity contribution in [2.45, 2.75) is 53.1 Å². The van der Waals surface area contributed by atoms with Crippen LogP contribution in [0.1, 0.15) is 44.6 Å². The quantitative estimate of drug-likeness (QED) is 0.422. The standard InChI is InChI=1S/C23H27N5OS/c1-12(2)14-5-6-16-20(8-14)30-23-21(16)22(24-11-25-23)27-18-7-15-10-26-28-17(15)9-19(18)29-13(3)4/h7,9-14H,5-6,8H2,1-4H3,(H,26,28)(H,24,25,27). The summed E-state index contributed by atoms with van der Waals surface area (Å²) >= 11 is 1.83. The second-order valence-electron chi connectivity index (χ2n) is 8.75. The number of aryl methyl sites for hydroxylation is 1. The lowest BCUT2D eigenvalue weighted by molar-refractivity contribution is 0.244. The zero-order valence-corrected chi connectivity index (χ0v) is 18.6. The van der Waals surface area contributed by atoms with E-state index in [0.29, 0.717) is 5.92 Å². The van der Waals surface area contributed by atoms with Gasteiger partial charge in [-0.05, 0) is 56.6 Å². The van der Waals surface area contributed by atoms with E-state index in [1.165, 1.54) is 22.2 Å². The molecule has 5 rings (SSSR count). The van der Waals surface area contributed by atoms with Crippen molar-refractivity contribution in [3.8, 4) is 5.75 Å². The van der Waals surface area contributed by atoms with Gasteiger partial charge in [-0.2, -0.15) is 5.10 Å². The molecule has 1 aliphatic rings. The number of nitrogens with zero attached hydrogens (tertiary/aromatic N) is 3. The van der Waals surface area contributed by atoms with E-state index in [-0.39, 0.29) is 6.10 Å². The molecular weight excluding hydrogens is 394 g/mol. The number of fused-ring (bicyclic) bond motifs is 4. The van der Waals surface area contributed by atoms with Crippen molar-refractivity contribution in [3.63, 3.8) is 0 Å². The maximum atomic E-state index is 6.09. The molecule has 1 aliphatic carbocycles. The normalized spacial score (nSPS) is 16.5. The van der Waals surface area contributed by atoms with Crippen molar-refractivity contribution in [3.05, 3.63) is 35.1 Å². The highest BCUT2D eigenvalue weighted by Gasteiger charge is 2.27. The van der Waals surface area contributed by atoms with Crippen LogP contribution in [-0.4, -0.2) is 26.3 Å². The molecule has 3 aromatic heterocycles. The number of H-pyrrole nitrogens is 1. The predicted octanol–water partition coefficient (Wildman–Crippen LogP) is 5.86. The molecule has 0 radical (unpaired) electrons. The molecule has 3 heterocycles. The first-order chi connectivity index (χ1) is 14.5. The molecule has 0 bridgehead atoms. The van der Waals surface area contributed by atoms with Crippen LogP contribution in [0, 0.1) is 11.8 Å². The molecule has 6 nitrogen and oxygen atoms in total. The molecule has 0 fully saturated rings. The maximum Gasteiger partial charge on any atom is 0.145 e. The number of aromatic nitrogens is 4. The van der Waals surface area contributed by atoms with Gasteiger partial charge >= 0.3 is 0 Å². The second-order valence-corrected chi connectivity index (χ2v) is 9.83. The van der Waals surface area contributed by atoms with Crippen LogP contribution < -0.4 is 10.1 Å². The van der Waals surface area contributed by atoms with Gasteiger partial charge in [0, 0.05) is 16.3 Å². The monoisotopic (exact) mass is 421 g/mol. The Morgan fingerprint density at radius 1 is 1.20 bits per heavy atom. The highest BCUT2D eigenvalue weighted by atomic mass is 32.1. The number of anilines is 2. The lowest BCUT2D eigenvalue weighted by Gasteiger charge is -2.25. The minimum absolute atomic E-state index is 0.0678. The van der Waals surface area contributed by atoms with Crippen molar-refractivity contribution >= 4 is 44.0 Å². The van der Waals surface area contributed by atoms with Crippen LogP contribution in [0.25, 0.3) is 21.1 Å². The van der Waals surface area contributed by atoms with Crippen molar-refractivity contribution in [1.82, 2.24) is 20.2 Å². The van der Waals surface area contributed by atoms with Gasteiger partial charge in [-0.3, -0.25) is 5.10 Å². The predicted molar refractivity (Wildman–Crippen MR) is 123 cm³/mol. The fourth-order valence-electron chi connectivity index (χ4n) is 4.35. The smallest absolute Gasteiger partial charge is 0.145 e. The number of rotatable bonds is 5. The molecule has 1 aromatic carbocycles. The van der Waals surface area contributed by atoms with Crippen molar-refractivity contribution in [1.29, 1.82) is 0 Å². The third kappa shape index (κ3) is 3.41. The molecular formula is C23H27N5OS. The number of hydrogen-bond acceptors (Lipinski definition) is 6. The zero-order valence-electron chi connectivity index (χ0n) is 17.8. The molecule has 2 N–H and O–H groups in total. The van der Waals surface area contributed by atoms with Gasteiger partial charge in [0.2, 0.25) is 0 Å². The Labute approximate surface area is 180 Å². The Morgan fingerprint density at radius 3 is 2.87 bits per heavy atom. The Kier molecular flexibility index (Phi) is 4.85. The van der Waals surface area contributed by atoms with E-state index in [2.05, 4.69) is 45.4 Å². The van der Waals surface area contributed by atoms with Crippen molar-refractivity contribution in [2.75, 3.05) is 5.32 Å². The van der Waals surface area contributed by atoms with E-state index in [0.717, 1.165) is 51.7 Å². The van der Waals surface area contributed by atoms with Gasteiger partial charge in [-0.25, -0.2) is 9.97 Å². The zero-order chi connectivity index (χ0) is 20.8. The number of aromatic amines is 1. The maximum absolute atomic E-state index is 6.09. The third-order valence-corrected chi connectivity index (χ3v) is 7.14. The van der Waals surface area contributed by atoms with Crippen LogP contribution in [0.4, 0.5) is 11.5 Å². The summed E-state index contributed by atoms with van der Waals surface area (Å²) in [6.45, 7) is 8.73. The fraction of sp³-hybridized carbons (Fsp3) is 0.435. The summed E-state index contributed by atoms with van der Waals surface area (Å²) in [6.07, 6.45) is 7.03. The van der Waals surface area contributed by atoms with E-state index >= 15 is 0 Å². The summed E-state index contributed by atoms with van der Waals surface area (Å²) < 4.78 is 6.09. The first kappa shape index (κ1) is 19.3. The van der Waals surface area contributed by atoms with E-state index in [1.807, 2.05) is 37.4 Å². The molecule has 0 aliphatic heterocycles. The molecule has 30 heavy (non-hydrogen) atoms. The van der Waals surface area contributed by atoms with Crippen LogP contribution in [0.5, 0.6) is 5.75 Å². The van der Waals surface area contributed by atoms with Gasteiger partial charge in [0.15, 0.2) is 0 Å². The molecule has 7 heteroatoms. The van der Waals surface area contributed by atoms with Crippen LogP contribution in [0.3, 0.4) is 0 Å². The number of ether oxygens (including phenoxy) is 1. The Morgan fingerprint density at radius 2 is 2.07 bits per heavy atom. The Hall–Kier alpha value is -2.67. The first-order valence-electron chi connectivity index (χ1n) is 10.7. The minimum Gasteiger partial charge on any atom is -0.489 e. The molecule has 1 unspecified atom stereocenters. The molecule has 156 valence electrons. The highest BCUT2D eigenvalue weighted by Crippen LogP contribution is 2.42. The van der Waals surface area contributed by atoms with Gasteiger partial charge in [0.1, 0.15) is 22.7 Å².